The summed E-state index contributed by atoms with van der Waals surface area (Å²) in [5.41, 5.74) is 0.554. The Labute approximate surface area is 66.7 Å². The Morgan fingerprint density at radius 1 is 1.80 bits per heavy atom. The average Bonchev–Trinajstić information content (AvgIpc) is 1.88. The van der Waals surface area contributed by atoms with Gasteiger partial charge in [0.05, 0.1) is 11.5 Å². The van der Waals surface area contributed by atoms with Crippen LogP contribution < -0.4 is 0 Å². The summed E-state index contributed by atoms with van der Waals surface area (Å²) >= 11 is 5.59. The SMILES string of the molecule is CC1=CC(O)(CCl)CCC1. The Bertz CT molecular complexity index is 153. The summed E-state index contributed by atoms with van der Waals surface area (Å²) in [7, 11) is 0. The summed E-state index contributed by atoms with van der Waals surface area (Å²) in [6, 6.07) is 0. The van der Waals surface area contributed by atoms with Gasteiger partial charge in [0.1, 0.15) is 0 Å². The second-order valence-corrected chi connectivity index (χ2v) is 3.35. The molecule has 1 aliphatic rings. The Hall–Kier alpha value is -0.0100. The number of allylic oxidation sites excluding steroid dienone is 1. The third-order valence-electron chi connectivity index (χ3n) is 1.93. The Morgan fingerprint density at radius 3 is 2.90 bits per heavy atom. The van der Waals surface area contributed by atoms with Crippen molar-refractivity contribution in [2.75, 3.05) is 5.88 Å². The quantitative estimate of drug-likeness (QED) is 0.460. The van der Waals surface area contributed by atoms with E-state index in [0.717, 1.165) is 19.3 Å². The van der Waals surface area contributed by atoms with Gasteiger partial charge in [-0.2, -0.15) is 0 Å². The molecule has 0 aromatic heterocycles. The van der Waals surface area contributed by atoms with E-state index in [2.05, 4.69) is 0 Å². The molecule has 0 heterocycles. The monoisotopic (exact) mass is 160 g/mol. The van der Waals surface area contributed by atoms with Crippen molar-refractivity contribution in [3.05, 3.63) is 11.6 Å². The minimum Gasteiger partial charge on any atom is -0.385 e. The van der Waals surface area contributed by atoms with Crippen LogP contribution in [0.15, 0.2) is 11.6 Å². The van der Waals surface area contributed by atoms with E-state index in [-0.39, 0.29) is 0 Å². The molecular weight excluding hydrogens is 148 g/mol. The lowest BCUT2D eigenvalue weighted by Gasteiger charge is -2.26. The van der Waals surface area contributed by atoms with Crippen molar-refractivity contribution in [1.29, 1.82) is 0 Å². The molecule has 1 rings (SSSR count). The molecule has 10 heavy (non-hydrogen) atoms. The van der Waals surface area contributed by atoms with Gasteiger partial charge in [-0.25, -0.2) is 0 Å². The fraction of sp³-hybridized carbons (Fsp3) is 0.750. The highest BCUT2D eigenvalue weighted by atomic mass is 35.5. The average molecular weight is 161 g/mol. The second-order valence-electron chi connectivity index (χ2n) is 3.08. The molecule has 1 unspecified atom stereocenters. The smallest absolute Gasteiger partial charge is 0.0965 e. The third-order valence-corrected chi connectivity index (χ3v) is 2.39. The van der Waals surface area contributed by atoms with Crippen LogP contribution in [0.1, 0.15) is 26.2 Å². The highest BCUT2D eigenvalue weighted by molar-refractivity contribution is 6.18. The summed E-state index contributed by atoms with van der Waals surface area (Å²) in [4.78, 5) is 0. The molecule has 0 aromatic rings. The molecule has 0 radical (unpaired) electrons. The first-order chi connectivity index (χ1) is 4.66. The van der Waals surface area contributed by atoms with Crippen LogP contribution in [0.25, 0.3) is 0 Å². The van der Waals surface area contributed by atoms with Crippen molar-refractivity contribution in [2.45, 2.75) is 31.8 Å². The standard InChI is InChI=1S/C8H13ClO/c1-7-3-2-4-8(10,5-7)6-9/h5,10H,2-4,6H2,1H3. The molecule has 2 heteroatoms. The second kappa shape index (κ2) is 2.93. The molecular formula is C8H13ClO. The first-order valence-electron chi connectivity index (χ1n) is 3.63. The van der Waals surface area contributed by atoms with Gasteiger partial charge in [0.2, 0.25) is 0 Å². The van der Waals surface area contributed by atoms with Gasteiger partial charge in [0.25, 0.3) is 0 Å². The first-order valence-corrected chi connectivity index (χ1v) is 4.16. The molecule has 58 valence electrons. The molecule has 0 aromatic carbocycles. The van der Waals surface area contributed by atoms with Crippen LogP contribution in [0.2, 0.25) is 0 Å². The number of rotatable bonds is 1. The molecule has 0 fully saturated rings. The number of aliphatic hydroxyl groups is 1. The van der Waals surface area contributed by atoms with Crippen LogP contribution in [0, 0.1) is 0 Å². The summed E-state index contributed by atoms with van der Waals surface area (Å²) < 4.78 is 0. The van der Waals surface area contributed by atoms with Crippen molar-refractivity contribution < 1.29 is 5.11 Å². The minimum absolute atomic E-state index is 0.324. The fourth-order valence-electron chi connectivity index (χ4n) is 1.38. The van der Waals surface area contributed by atoms with Crippen molar-refractivity contribution in [1.82, 2.24) is 0 Å². The first kappa shape index (κ1) is 8.09. The van der Waals surface area contributed by atoms with E-state index < -0.39 is 5.60 Å². The lowest BCUT2D eigenvalue weighted by atomic mass is 9.89. The van der Waals surface area contributed by atoms with Crippen molar-refractivity contribution >= 4 is 11.6 Å². The zero-order chi connectivity index (χ0) is 7.61. The lowest BCUT2D eigenvalue weighted by Crippen LogP contribution is -2.30. The minimum atomic E-state index is -0.704. The number of alkyl halides is 1. The van der Waals surface area contributed by atoms with Gasteiger partial charge in [0.15, 0.2) is 0 Å². The predicted octanol–water partition coefficient (Wildman–Crippen LogP) is 2.09. The Balaban J connectivity index is 2.69. The molecule has 0 spiro atoms. The van der Waals surface area contributed by atoms with Crippen molar-refractivity contribution in [2.24, 2.45) is 0 Å². The van der Waals surface area contributed by atoms with E-state index in [4.69, 9.17) is 11.6 Å². The van der Waals surface area contributed by atoms with E-state index in [0.29, 0.717) is 5.88 Å². The molecule has 1 N–H and O–H groups in total. The molecule has 0 bridgehead atoms. The lowest BCUT2D eigenvalue weighted by molar-refractivity contribution is 0.0965. The van der Waals surface area contributed by atoms with Gasteiger partial charge in [-0.1, -0.05) is 11.6 Å². The zero-order valence-corrected chi connectivity index (χ0v) is 6.99. The molecule has 1 aliphatic carbocycles. The van der Waals surface area contributed by atoms with E-state index in [1.807, 2.05) is 13.0 Å². The predicted molar refractivity (Wildman–Crippen MR) is 43.3 cm³/mol. The molecule has 0 saturated carbocycles. The van der Waals surface area contributed by atoms with Crippen LogP contribution in [0.5, 0.6) is 0 Å². The van der Waals surface area contributed by atoms with Crippen LogP contribution in [0.4, 0.5) is 0 Å². The molecule has 1 nitrogen and oxygen atoms in total. The zero-order valence-electron chi connectivity index (χ0n) is 6.23. The number of halogens is 1. The molecule has 0 saturated heterocycles. The topological polar surface area (TPSA) is 20.2 Å². The van der Waals surface area contributed by atoms with Crippen molar-refractivity contribution in [3.63, 3.8) is 0 Å². The number of hydrogen-bond donors (Lipinski definition) is 1. The molecule has 0 amide bonds. The summed E-state index contributed by atoms with van der Waals surface area (Å²) in [5.74, 6) is 0.324. The van der Waals surface area contributed by atoms with Crippen LogP contribution in [0.3, 0.4) is 0 Å². The van der Waals surface area contributed by atoms with Gasteiger partial charge in [-0.05, 0) is 26.2 Å². The Kier molecular flexibility index (Phi) is 2.37. The highest BCUT2D eigenvalue weighted by Crippen LogP contribution is 2.26. The summed E-state index contributed by atoms with van der Waals surface area (Å²) in [6.45, 7) is 2.04. The van der Waals surface area contributed by atoms with E-state index in [1.54, 1.807) is 0 Å². The van der Waals surface area contributed by atoms with E-state index in [9.17, 15) is 5.11 Å². The Morgan fingerprint density at radius 2 is 2.50 bits per heavy atom. The largest absolute Gasteiger partial charge is 0.385 e. The normalized spacial score (nSPS) is 33.7. The van der Waals surface area contributed by atoms with Crippen LogP contribution in [-0.2, 0) is 0 Å². The number of hydrogen-bond acceptors (Lipinski definition) is 1. The summed E-state index contributed by atoms with van der Waals surface area (Å²) in [5, 5.41) is 9.64. The maximum Gasteiger partial charge on any atom is 0.0965 e. The van der Waals surface area contributed by atoms with E-state index >= 15 is 0 Å². The molecule has 1 atom stereocenters. The molecule has 0 aliphatic heterocycles. The maximum absolute atomic E-state index is 9.64. The van der Waals surface area contributed by atoms with E-state index in [1.165, 1.54) is 5.57 Å². The van der Waals surface area contributed by atoms with Gasteiger partial charge in [0, 0.05) is 0 Å². The van der Waals surface area contributed by atoms with Gasteiger partial charge >= 0.3 is 0 Å². The third kappa shape index (κ3) is 1.74. The van der Waals surface area contributed by atoms with Gasteiger partial charge in [-0.3, -0.25) is 0 Å². The summed E-state index contributed by atoms with van der Waals surface area (Å²) in [6.07, 6.45) is 4.88. The maximum atomic E-state index is 9.64. The highest BCUT2D eigenvalue weighted by Gasteiger charge is 2.25. The van der Waals surface area contributed by atoms with Crippen LogP contribution in [-0.4, -0.2) is 16.6 Å². The van der Waals surface area contributed by atoms with Crippen molar-refractivity contribution in [3.8, 4) is 0 Å². The van der Waals surface area contributed by atoms with Gasteiger partial charge < -0.3 is 5.11 Å². The van der Waals surface area contributed by atoms with Gasteiger partial charge in [-0.15, -0.1) is 11.6 Å². The fourth-order valence-corrected chi connectivity index (χ4v) is 1.59. The van der Waals surface area contributed by atoms with Crippen LogP contribution >= 0.6 is 11.6 Å².